The number of aromatic nitrogens is 2. The Morgan fingerprint density at radius 2 is 2.23 bits per heavy atom. The van der Waals surface area contributed by atoms with E-state index in [2.05, 4.69) is 22.2 Å². The molecule has 0 aliphatic rings. The first kappa shape index (κ1) is 10.1. The first-order chi connectivity index (χ1) is 6.43. The van der Waals surface area contributed by atoms with Gasteiger partial charge < -0.3 is 5.32 Å². The van der Waals surface area contributed by atoms with Crippen LogP contribution < -0.4 is 5.32 Å². The molecule has 0 saturated heterocycles. The van der Waals surface area contributed by atoms with Crippen LogP contribution in [0, 0.1) is 0 Å². The highest BCUT2D eigenvalue weighted by molar-refractivity contribution is 4.93. The second kappa shape index (κ2) is 6.54. The molecule has 13 heavy (non-hydrogen) atoms. The lowest BCUT2D eigenvalue weighted by atomic mass is 10.2. The molecule has 1 aromatic heterocycles. The van der Waals surface area contributed by atoms with Gasteiger partial charge in [-0.05, 0) is 13.0 Å². The fourth-order valence-electron chi connectivity index (χ4n) is 1.14. The van der Waals surface area contributed by atoms with E-state index in [1.54, 1.807) is 18.6 Å². The fourth-order valence-corrected chi connectivity index (χ4v) is 1.14. The Labute approximate surface area is 79.6 Å². The molecule has 0 aromatic carbocycles. The van der Waals surface area contributed by atoms with Gasteiger partial charge in [-0.25, -0.2) is 0 Å². The molecule has 1 heterocycles. The van der Waals surface area contributed by atoms with E-state index in [-0.39, 0.29) is 0 Å². The van der Waals surface area contributed by atoms with Crippen LogP contribution >= 0.6 is 0 Å². The molecule has 3 heteroatoms. The lowest BCUT2D eigenvalue weighted by molar-refractivity contribution is 0.609. The molecule has 0 spiro atoms. The molecule has 0 unspecified atom stereocenters. The van der Waals surface area contributed by atoms with Gasteiger partial charge in [-0.2, -0.15) is 0 Å². The molecule has 0 atom stereocenters. The highest BCUT2D eigenvalue weighted by atomic mass is 14.9. The van der Waals surface area contributed by atoms with Crippen LogP contribution in [-0.2, 0) is 6.54 Å². The van der Waals surface area contributed by atoms with E-state index in [9.17, 15) is 0 Å². The number of rotatable bonds is 6. The van der Waals surface area contributed by atoms with Crippen molar-refractivity contribution in [3.05, 3.63) is 24.3 Å². The smallest absolute Gasteiger partial charge is 0.0724 e. The van der Waals surface area contributed by atoms with Gasteiger partial charge in [0.2, 0.25) is 0 Å². The largest absolute Gasteiger partial charge is 0.311 e. The van der Waals surface area contributed by atoms with E-state index >= 15 is 0 Å². The Kier molecular flexibility index (Phi) is 5.10. The SMILES string of the molecule is CCCCCNCc1cnccn1. The van der Waals surface area contributed by atoms with E-state index in [4.69, 9.17) is 0 Å². The van der Waals surface area contributed by atoms with Crippen LogP contribution in [0.5, 0.6) is 0 Å². The molecular formula is C10H17N3. The predicted octanol–water partition coefficient (Wildman–Crippen LogP) is 1.76. The van der Waals surface area contributed by atoms with E-state index in [0.717, 1.165) is 18.8 Å². The maximum Gasteiger partial charge on any atom is 0.0724 e. The van der Waals surface area contributed by atoms with Crippen LogP contribution in [0.4, 0.5) is 0 Å². The monoisotopic (exact) mass is 179 g/mol. The van der Waals surface area contributed by atoms with Crippen LogP contribution in [0.3, 0.4) is 0 Å². The third kappa shape index (κ3) is 4.58. The molecule has 72 valence electrons. The summed E-state index contributed by atoms with van der Waals surface area (Å²) in [5, 5.41) is 3.33. The van der Waals surface area contributed by atoms with E-state index in [1.165, 1.54) is 19.3 Å². The third-order valence-electron chi connectivity index (χ3n) is 1.88. The molecule has 0 fully saturated rings. The fraction of sp³-hybridized carbons (Fsp3) is 0.600. The summed E-state index contributed by atoms with van der Waals surface area (Å²) in [6, 6.07) is 0. The number of nitrogens with one attached hydrogen (secondary N) is 1. The van der Waals surface area contributed by atoms with Gasteiger partial charge in [-0.1, -0.05) is 19.8 Å². The van der Waals surface area contributed by atoms with Crippen molar-refractivity contribution in [2.24, 2.45) is 0 Å². The summed E-state index contributed by atoms with van der Waals surface area (Å²) in [7, 11) is 0. The number of hydrogen-bond donors (Lipinski definition) is 1. The summed E-state index contributed by atoms with van der Waals surface area (Å²) in [6.07, 6.45) is 9.04. The van der Waals surface area contributed by atoms with Gasteiger partial charge in [0, 0.05) is 25.1 Å². The Bertz CT molecular complexity index is 211. The lowest BCUT2D eigenvalue weighted by Gasteiger charge is -2.02. The Morgan fingerprint density at radius 3 is 2.92 bits per heavy atom. The standard InChI is InChI=1S/C10H17N3/c1-2-3-4-5-11-8-10-9-12-6-7-13-10/h6-7,9,11H,2-5,8H2,1H3. The average molecular weight is 179 g/mol. The van der Waals surface area contributed by atoms with Crippen LogP contribution in [0.2, 0.25) is 0 Å². The van der Waals surface area contributed by atoms with E-state index in [0.29, 0.717) is 0 Å². The summed E-state index contributed by atoms with van der Waals surface area (Å²) >= 11 is 0. The van der Waals surface area contributed by atoms with Crippen molar-refractivity contribution >= 4 is 0 Å². The molecule has 3 nitrogen and oxygen atoms in total. The van der Waals surface area contributed by atoms with Crippen molar-refractivity contribution in [1.82, 2.24) is 15.3 Å². The summed E-state index contributed by atoms with van der Waals surface area (Å²) < 4.78 is 0. The normalized spacial score (nSPS) is 10.2. The Morgan fingerprint density at radius 1 is 1.31 bits per heavy atom. The molecule has 0 amide bonds. The van der Waals surface area contributed by atoms with Crippen molar-refractivity contribution in [2.75, 3.05) is 6.54 Å². The minimum atomic E-state index is 0.831. The van der Waals surface area contributed by atoms with Crippen LogP contribution in [-0.4, -0.2) is 16.5 Å². The molecule has 0 aliphatic carbocycles. The van der Waals surface area contributed by atoms with Crippen molar-refractivity contribution in [3.8, 4) is 0 Å². The third-order valence-corrected chi connectivity index (χ3v) is 1.88. The predicted molar refractivity (Wildman–Crippen MR) is 53.3 cm³/mol. The Balaban J connectivity index is 2.07. The molecule has 1 N–H and O–H groups in total. The summed E-state index contributed by atoms with van der Waals surface area (Å²) in [5.74, 6) is 0. The number of nitrogens with zero attached hydrogens (tertiary/aromatic N) is 2. The topological polar surface area (TPSA) is 37.8 Å². The van der Waals surface area contributed by atoms with Gasteiger partial charge >= 0.3 is 0 Å². The summed E-state index contributed by atoms with van der Waals surface area (Å²) in [5.41, 5.74) is 1.01. The summed E-state index contributed by atoms with van der Waals surface area (Å²) in [6.45, 7) is 4.12. The van der Waals surface area contributed by atoms with Gasteiger partial charge in [0.25, 0.3) is 0 Å². The second-order valence-corrected chi connectivity index (χ2v) is 3.08. The molecule has 1 aromatic rings. The highest BCUT2D eigenvalue weighted by Gasteiger charge is 1.91. The number of hydrogen-bond acceptors (Lipinski definition) is 3. The molecule has 0 radical (unpaired) electrons. The zero-order valence-corrected chi connectivity index (χ0v) is 8.16. The maximum absolute atomic E-state index is 4.17. The van der Waals surface area contributed by atoms with Gasteiger partial charge in [0.1, 0.15) is 0 Å². The molecule has 0 bridgehead atoms. The summed E-state index contributed by atoms with van der Waals surface area (Å²) in [4.78, 5) is 8.17. The van der Waals surface area contributed by atoms with Crippen LogP contribution in [0.15, 0.2) is 18.6 Å². The van der Waals surface area contributed by atoms with Crippen LogP contribution in [0.25, 0.3) is 0 Å². The quantitative estimate of drug-likeness (QED) is 0.676. The minimum absolute atomic E-state index is 0.831. The first-order valence-electron chi connectivity index (χ1n) is 4.89. The van der Waals surface area contributed by atoms with Crippen molar-refractivity contribution < 1.29 is 0 Å². The number of unbranched alkanes of at least 4 members (excludes halogenated alkanes) is 2. The molecule has 1 rings (SSSR count). The lowest BCUT2D eigenvalue weighted by Crippen LogP contribution is -2.15. The average Bonchev–Trinajstić information content (AvgIpc) is 2.19. The minimum Gasteiger partial charge on any atom is -0.311 e. The van der Waals surface area contributed by atoms with E-state index < -0.39 is 0 Å². The van der Waals surface area contributed by atoms with Crippen molar-refractivity contribution in [3.63, 3.8) is 0 Å². The Hall–Kier alpha value is -0.960. The van der Waals surface area contributed by atoms with Crippen molar-refractivity contribution in [1.29, 1.82) is 0 Å². The van der Waals surface area contributed by atoms with E-state index in [1.807, 2.05) is 0 Å². The maximum atomic E-state index is 4.17. The van der Waals surface area contributed by atoms with Gasteiger partial charge in [-0.3, -0.25) is 9.97 Å². The molecular weight excluding hydrogens is 162 g/mol. The highest BCUT2D eigenvalue weighted by Crippen LogP contribution is 1.93. The van der Waals surface area contributed by atoms with Gasteiger partial charge in [-0.15, -0.1) is 0 Å². The van der Waals surface area contributed by atoms with Gasteiger partial charge in [0.15, 0.2) is 0 Å². The van der Waals surface area contributed by atoms with Crippen molar-refractivity contribution in [2.45, 2.75) is 32.7 Å². The first-order valence-corrected chi connectivity index (χ1v) is 4.89. The zero-order chi connectivity index (χ0) is 9.36. The molecule has 0 aliphatic heterocycles. The zero-order valence-electron chi connectivity index (χ0n) is 8.16. The van der Waals surface area contributed by atoms with Crippen LogP contribution in [0.1, 0.15) is 31.9 Å². The van der Waals surface area contributed by atoms with Gasteiger partial charge in [0.05, 0.1) is 5.69 Å². The second-order valence-electron chi connectivity index (χ2n) is 3.08. The molecule has 0 saturated carbocycles.